The van der Waals surface area contributed by atoms with Crippen LogP contribution in [0.2, 0.25) is 0 Å². The number of nitrogens with zero attached hydrogens (tertiary/aromatic N) is 1. The normalized spacial score (nSPS) is 14.3. The molecule has 0 aliphatic heterocycles. The fourth-order valence-electron chi connectivity index (χ4n) is 3.95. The van der Waals surface area contributed by atoms with E-state index in [1.165, 1.54) is 30.3 Å². The number of amides is 1. The SMILES string of the molecule is C=C(/C=C(\Nc1cccc(C#N)c1)C(=O)Nc1cccc(C(NCC2CC2)c2ccccc2F)c1)C(F)(F)F. The number of nitriles is 1. The average Bonchev–Trinajstić information content (AvgIpc) is 3.74. The van der Waals surface area contributed by atoms with Crippen molar-refractivity contribution in [3.63, 3.8) is 0 Å². The number of anilines is 2. The Labute approximate surface area is 223 Å². The van der Waals surface area contributed by atoms with Gasteiger partial charge in [0.05, 0.1) is 23.2 Å². The number of carbonyl (C=O) groups excluding carboxylic acids is 1. The van der Waals surface area contributed by atoms with E-state index in [2.05, 4.69) is 22.5 Å². The first-order chi connectivity index (χ1) is 18.6. The van der Waals surface area contributed by atoms with Crippen molar-refractivity contribution < 1.29 is 22.4 Å². The predicted octanol–water partition coefficient (Wildman–Crippen LogP) is 6.84. The van der Waals surface area contributed by atoms with E-state index >= 15 is 0 Å². The second-order valence-electron chi connectivity index (χ2n) is 9.28. The van der Waals surface area contributed by atoms with Crippen LogP contribution in [0, 0.1) is 23.1 Å². The minimum Gasteiger partial charge on any atom is -0.351 e. The van der Waals surface area contributed by atoms with Crippen molar-refractivity contribution >= 4 is 17.3 Å². The predicted molar refractivity (Wildman–Crippen MR) is 142 cm³/mol. The van der Waals surface area contributed by atoms with E-state index in [0.717, 1.165) is 12.8 Å². The Morgan fingerprint density at radius 1 is 1.03 bits per heavy atom. The summed E-state index contributed by atoms with van der Waals surface area (Å²) in [6, 6.07) is 20.6. The molecule has 0 bridgehead atoms. The lowest BCUT2D eigenvalue weighted by Gasteiger charge is -2.21. The summed E-state index contributed by atoms with van der Waals surface area (Å²) >= 11 is 0. The topological polar surface area (TPSA) is 77.0 Å². The zero-order chi connectivity index (χ0) is 28.0. The van der Waals surface area contributed by atoms with Gasteiger partial charge in [-0.25, -0.2) is 4.39 Å². The van der Waals surface area contributed by atoms with Gasteiger partial charge in [-0.15, -0.1) is 0 Å². The van der Waals surface area contributed by atoms with Crippen LogP contribution in [0.1, 0.15) is 35.6 Å². The maximum absolute atomic E-state index is 14.7. The second-order valence-corrected chi connectivity index (χ2v) is 9.28. The number of alkyl halides is 3. The molecule has 1 unspecified atom stereocenters. The van der Waals surface area contributed by atoms with Crippen LogP contribution in [-0.2, 0) is 4.79 Å². The number of hydrogen-bond donors (Lipinski definition) is 3. The minimum atomic E-state index is -4.75. The van der Waals surface area contributed by atoms with E-state index < -0.39 is 29.4 Å². The number of rotatable bonds is 10. The molecular weight excluding hydrogens is 508 g/mol. The van der Waals surface area contributed by atoms with Crippen LogP contribution in [0.5, 0.6) is 0 Å². The lowest BCUT2D eigenvalue weighted by Crippen LogP contribution is -2.26. The molecule has 0 aromatic heterocycles. The van der Waals surface area contributed by atoms with Gasteiger partial charge in [-0.1, -0.05) is 43.0 Å². The third-order valence-electron chi connectivity index (χ3n) is 6.20. The van der Waals surface area contributed by atoms with Crippen molar-refractivity contribution in [1.29, 1.82) is 5.26 Å². The molecule has 0 radical (unpaired) electrons. The third-order valence-corrected chi connectivity index (χ3v) is 6.20. The molecule has 0 heterocycles. The summed E-state index contributed by atoms with van der Waals surface area (Å²) in [4.78, 5) is 13.2. The van der Waals surface area contributed by atoms with Crippen LogP contribution in [0.15, 0.2) is 96.7 Å². The van der Waals surface area contributed by atoms with Gasteiger partial charge >= 0.3 is 6.18 Å². The summed E-state index contributed by atoms with van der Waals surface area (Å²) in [7, 11) is 0. The Hall–Kier alpha value is -4.42. The Kier molecular flexibility index (Phi) is 8.47. The number of carbonyl (C=O) groups is 1. The molecule has 1 aliphatic rings. The molecule has 1 atom stereocenters. The van der Waals surface area contributed by atoms with Crippen molar-refractivity contribution in [3.05, 3.63) is 119 Å². The van der Waals surface area contributed by atoms with Gasteiger partial charge in [0.25, 0.3) is 5.91 Å². The highest BCUT2D eigenvalue weighted by Crippen LogP contribution is 2.32. The first-order valence-corrected chi connectivity index (χ1v) is 12.3. The van der Waals surface area contributed by atoms with Crippen LogP contribution in [0.4, 0.5) is 28.9 Å². The highest BCUT2D eigenvalue weighted by atomic mass is 19.4. The second kappa shape index (κ2) is 12.0. The monoisotopic (exact) mass is 534 g/mol. The van der Waals surface area contributed by atoms with E-state index in [1.807, 2.05) is 6.07 Å². The third kappa shape index (κ3) is 7.55. The molecule has 0 spiro atoms. The molecule has 39 heavy (non-hydrogen) atoms. The van der Waals surface area contributed by atoms with Crippen LogP contribution in [-0.4, -0.2) is 18.6 Å². The Balaban J connectivity index is 1.61. The maximum Gasteiger partial charge on any atom is 0.415 e. The first-order valence-electron chi connectivity index (χ1n) is 12.3. The molecule has 3 aromatic rings. The molecule has 1 saturated carbocycles. The van der Waals surface area contributed by atoms with Crippen LogP contribution in [0.25, 0.3) is 0 Å². The van der Waals surface area contributed by atoms with E-state index in [-0.39, 0.29) is 17.1 Å². The quantitative estimate of drug-likeness (QED) is 0.151. The number of hydrogen-bond acceptors (Lipinski definition) is 4. The van der Waals surface area contributed by atoms with Gasteiger partial charge in [0.1, 0.15) is 11.5 Å². The van der Waals surface area contributed by atoms with E-state index in [4.69, 9.17) is 5.26 Å². The average molecular weight is 535 g/mol. The molecule has 1 aliphatic carbocycles. The summed E-state index contributed by atoms with van der Waals surface area (Å²) in [5.41, 5.74) is 0.303. The van der Waals surface area contributed by atoms with E-state index in [1.54, 1.807) is 42.5 Å². The maximum atomic E-state index is 14.7. The van der Waals surface area contributed by atoms with E-state index in [0.29, 0.717) is 35.4 Å². The summed E-state index contributed by atoms with van der Waals surface area (Å²) in [6.07, 6.45) is -1.93. The fraction of sp³-hybridized carbons (Fsp3) is 0.200. The molecule has 1 fully saturated rings. The van der Waals surface area contributed by atoms with E-state index in [9.17, 15) is 22.4 Å². The number of nitrogens with one attached hydrogen (secondary N) is 3. The van der Waals surface area contributed by atoms with Gasteiger partial charge in [-0.2, -0.15) is 18.4 Å². The largest absolute Gasteiger partial charge is 0.415 e. The van der Waals surface area contributed by atoms with Crippen molar-refractivity contribution in [2.75, 3.05) is 17.2 Å². The number of benzene rings is 3. The molecule has 3 N–H and O–H groups in total. The molecule has 5 nitrogen and oxygen atoms in total. The molecule has 3 aromatic carbocycles. The van der Waals surface area contributed by atoms with Crippen LogP contribution in [0.3, 0.4) is 0 Å². The Morgan fingerprint density at radius 2 is 1.72 bits per heavy atom. The molecule has 9 heteroatoms. The molecule has 4 rings (SSSR count). The zero-order valence-corrected chi connectivity index (χ0v) is 20.9. The van der Waals surface area contributed by atoms with Gasteiger partial charge in [-0.05, 0) is 73.3 Å². The van der Waals surface area contributed by atoms with Crippen LogP contribution >= 0.6 is 0 Å². The summed E-state index contributed by atoms with van der Waals surface area (Å²) in [5.74, 6) is -0.699. The molecule has 1 amide bonds. The van der Waals surface area contributed by atoms with Crippen molar-refractivity contribution in [2.45, 2.75) is 25.1 Å². The molecule has 0 saturated heterocycles. The minimum absolute atomic E-state index is 0.253. The number of halogens is 4. The summed E-state index contributed by atoms with van der Waals surface area (Å²) in [6.45, 7) is 3.73. The van der Waals surface area contributed by atoms with Gasteiger partial charge in [0.2, 0.25) is 0 Å². The van der Waals surface area contributed by atoms with Crippen LogP contribution < -0.4 is 16.0 Å². The summed E-state index contributed by atoms with van der Waals surface area (Å²) in [5, 5.41) is 17.8. The van der Waals surface area contributed by atoms with Crippen molar-refractivity contribution in [3.8, 4) is 6.07 Å². The fourth-order valence-corrected chi connectivity index (χ4v) is 3.95. The Bertz CT molecular complexity index is 1440. The van der Waals surface area contributed by atoms with Gasteiger partial charge in [-0.3, -0.25) is 4.79 Å². The summed E-state index contributed by atoms with van der Waals surface area (Å²) < 4.78 is 54.4. The lowest BCUT2D eigenvalue weighted by atomic mass is 9.97. The lowest BCUT2D eigenvalue weighted by molar-refractivity contribution is -0.112. The van der Waals surface area contributed by atoms with Crippen molar-refractivity contribution in [1.82, 2.24) is 5.32 Å². The van der Waals surface area contributed by atoms with Crippen molar-refractivity contribution in [2.24, 2.45) is 5.92 Å². The van der Waals surface area contributed by atoms with Gasteiger partial charge < -0.3 is 16.0 Å². The Morgan fingerprint density at radius 3 is 2.38 bits per heavy atom. The van der Waals surface area contributed by atoms with Gasteiger partial charge in [0.15, 0.2) is 0 Å². The smallest absolute Gasteiger partial charge is 0.351 e. The highest BCUT2D eigenvalue weighted by molar-refractivity contribution is 6.06. The zero-order valence-electron chi connectivity index (χ0n) is 20.9. The highest BCUT2D eigenvalue weighted by Gasteiger charge is 2.31. The molecule has 200 valence electrons. The molecular formula is C30H26F4N4O. The standard InChI is InChI=1S/C30H26F4N4O/c1-19(30(32,33)34)14-27(37-23-8-4-6-21(15-23)17-35)29(39)38-24-9-5-7-22(16-24)28(36-18-20-12-13-20)25-10-2-3-11-26(25)31/h2-11,14-16,20,28,36-37H,1,12-13,18H2,(H,38,39)/b27-14-. The first kappa shape index (κ1) is 27.6. The van der Waals surface area contributed by atoms with Gasteiger partial charge in [0, 0.05) is 16.9 Å². The number of allylic oxidation sites excluding steroid dienone is 2.